The molecule has 0 spiro atoms. The zero-order valence-corrected chi connectivity index (χ0v) is 15.2. The molecule has 2 aromatic rings. The largest absolute Gasteiger partial charge is 0.352 e. The van der Waals surface area contributed by atoms with E-state index >= 15 is 0 Å². The van der Waals surface area contributed by atoms with Crippen LogP contribution in [0.15, 0.2) is 47.4 Å². The zero-order chi connectivity index (χ0) is 17.7. The van der Waals surface area contributed by atoms with Gasteiger partial charge in [-0.3, -0.25) is 4.79 Å². The third-order valence-electron chi connectivity index (χ3n) is 3.36. The van der Waals surface area contributed by atoms with Crippen LogP contribution in [0.1, 0.15) is 15.9 Å². The fourth-order valence-electron chi connectivity index (χ4n) is 2.03. The molecule has 0 fully saturated rings. The second-order valence-electron chi connectivity index (χ2n) is 4.99. The lowest BCUT2D eigenvalue weighted by Gasteiger charge is -2.09. The first-order chi connectivity index (χ1) is 11.3. The Morgan fingerprint density at radius 2 is 1.75 bits per heavy atom. The van der Waals surface area contributed by atoms with E-state index in [0.29, 0.717) is 18.0 Å². The monoisotopic (exact) mass is 386 g/mol. The average molecular weight is 387 g/mol. The summed E-state index contributed by atoms with van der Waals surface area (Å²) in [4.78, 5) is 12.0. The lowest BCUT2D eigenvalue weighted by Crippen LogP contribution is -2.26. The Labute approximate surface area is 151 Å². The number of benzene rings is 2. The van der Waals surface area contributed by atoms with E-state index < -0.39 is 10.0 Å². The van der Waals surface area contributed by atoms with Crippen molar-refractivity contribution < 1.29 is 13.2 Å². The highest BCUT2D eigenvalue weighted by Gasteiger charge is 2.18. The van der Waals surface area contributed by atoms with Crippen molar-refractivity contribution in [2.75, 3.05) is 13.6 Å². The predicted octanol–water partition coefficient (Wildman–Crippen LogP) is 2.87. The van der Waals surface area contributed by atoms with Crippen LogP contribution in [-0.2, 0) is 16.4 Å². The van der Waals surface area contributed by atoms with Gasteiger partial charge in [-0.1, -0.05) is 35.3 Å². The first kappa shape index (κ1) is 18.7. The van der Waals surface area contributed by atoms with Gasteiger partial charge in [-0.2, -0.15) is 0 Å². The maximum Gasteiger partial charge on any atom is 0.251 e. The number of hydrogen-bond donors (Lipinski definition) is 2. The molecule has 0 unspecified atom stereocenters. The molecule has 2 N–H and O–H groups in total. The number of halogens is 2. The molecule has 0 heterocycles. The van der Waals surface area contributed by atoms with Crippen LogP contribution in [0.25, 0.3) is 0 Å². The normalized spacial score (nSPS) is 11.3. The van der Waals surface area contributed by atoms with Gasteiger partial charge < -0.3 is 5.32 Å². The summed E-state index contributed by atoms with van der Waals surface area (Å²) in [5.74, 6) is -0.367. The summed E-state index contributed by atoms with van der Waals surface area (Å²) < 4.78 is 25.9. The molecular weight excluding hydrogens is 371 g/mol. The molecule has 0 bridgehead atoms. The Hall–Kier alpha value is -1.60. The van der Waals surface area contributed by atoms with E-state index in [1.807, 2.05) is 12.1 Å². The first-order valence-corrected chi connectivity index (χ1v) is 9.33. The number of carbonyl (C=O) groups excluding carboxylic acids is 1. The van der Waals surface area contributed by atoms with Gasteiger partial charge in [0.15, 0.2) is 0 Å². The van der Waals surface area contributed by atoms with Gasteiger partial charge in [0, 0.05) is 17.1 Å². The molecule has 0 radical (unpaired) electrons. The third kappa shape index (κ3) is 4.70. The van der Waals surface area contributed by atoms with Gasteiger partial charge in [0.1, 0.15) is 4.90 Å². The minimum atomic E-state index is -3.73. The van der Waals surface area contributed by atoms with E-state index in [9.17, 15) is 13.2 Å². The smallest absolute Gasteiger partial charge is 0.251 e. The fourth-order valence-corrected chi connectivity index (χ4v) is 3.41. The first-order valence-electron chi connectivity index (χ1n) is 7.09. The molecule has 0 aliphatic carbocycles. The van der Waals surface area contributed by atoms with Crippen LogP contribution in [-0.4, -0.2) is 27.9 Å². The van der Waals surface area contributed by atoms with Gasteiger partial charge in [0.25, 0.3) is 5.91 Å². The fraction of sp³-hybridized carbons (Fsp3) is 0.188. The Balaban J connectivity index is 2.05. The molecule has 2 rings (SSSR count). The Bertz CT molecular complexity index is 837. The molecule has 5 nitrogen and oxygen atoms in total. The highest BCUT2D eigenvalue weighted by atomic mass is 35.5. The number of carbonyl (C=O) groups is 1. The standard InChI is InChI=1S/C16H16Cl2N2O3S/c1-19-24(22,23)15-10-12(4-7-14(15)18)16(21)20-9-8-11-2-5-13(17)6-3-11/h2-7,10,19H,8-9H2,1H3,(H,20,21). The summed E-state index contributed by atoms with van der Waals surface area (Å²) in [6, 6.07) is 11.5. The van der Waals surface area contributed by atoms with Gasteiger partial charge >= 0.3 is 0 Å². The van der Waals surface area contributed by atoms with Crippen molar-refractivity contribution >= 4 is 39.1 Å². The highest BCUT2D eigenvalue weighted by Crippen LogP contribution is 2.22. The van der Waals surface area contributed by atoms with E-state index in [1.165, 1.54) is 25.2 Å². The second kappa shape index (κ2) is 7.98. The quantitative estimate of drug-likeness (QED) is 0.801. The van der Waals surface area contributed by atoms with Gasteiger partial charge in [0.05, 0.1) is 5.02 Å². The van der Waals surface area contributed by atoms with Crippen molar-refractivity contribution in [1.29, 1.82) is 0 Å². The van der Waals surface area contributed by atoms with Crippen LogP contribution in [0.2, 0.25) is 10.0 Å². The van der Waals surface area contributed by atoms with Crippen LogP contribution >= 0.6 is 23.2 Å². The lowest BCUT2D eigenvalue weighted by molar-refractivity contribution is 0.0954. The van der Waals surface area contributed by atoms with E-state index in [1.54, 1.807) is 12.1 Å². The molecule has 0 saturated carbocycles. The topological polar surface area (TPSA) is 75.3 Å². The number of rotatable bonds is 6. The molecule has 0 aliphatic heterocycles. The molecule has 24 heavy (non-hydrogen) atoms. The number of nitrogens with one attached hydrogen (secondary N) is 2. The number of amides is 1. The van der Waals surface area contributed by atoms with E-state index in [-0.39, 0.29) is 21.4 Å². The van der Waals surface area contributed by atoms with Gasteiger partial charge in [-0.15, -0.1) is 0 Å². The van der Waals surface area contributed by atoms with Gasteiger partial charge in [-0.05, 0) is 49.4 Å². The molecule has 0 aromatic heterocycles. The minimum absolute atomic E-state index is 0.0575. The lowest BCUT2D eigenvalue weighted by atomic mass is 10.1. The van der Waals surface area contributed by atoms with Crippen molar-refractivity contribution in [3.63, 3.8) is 0 Å². The maximum atomic E-state index is 12.2. The molecule has 0 aliphatic rings. The Morgan fingerprint density at radius 3 is 2.38 bits per heavy atom. The van der Waals surface area contributed by atoms with Gasteiger partial charge in [-0.25, -0.2) is 13.1 Å². The predicted molar refractivity (Wildman–Crippen MR) is 95.2 cm³/mol. The molecule has 2 aromatic carbocycles. The molecular formula is C16H16Cl2N2O3S. The van der Waals surface area contributed by atoms with Crippen molar-refractivity contribution in [3.05, 3.63) is 63.6 Å². The Morgan fingerprint density at radius 1 is 1.08 bits per heavy atom. The molecule has 0 atom stereocenters. The van der Waals surface area contributed by atoms with Crippen molar-refractivity contribution in [2.24, 2.45) is 0 Å². The molecule has 128 valence electrons. The summed E-state index contributed by atoms with van der Waals surface area (Å²) in [5.41, 5.74) is 1.26. The minimum Gasteiger partial charge on any atom is -0.352 e. The van der Waals surface area contributed by atoms with Gasteiger partial charge in [0.2, 0.25) is 10.0 Å². The van der Waals surface area contributed by atoms with E-state index in [4.69, 9.17) is 23.2 Å². The highest BCUT2D eigenvalue weighted by molar-refractivity contribution is 7.89. The summed E-state index contributed by atoms with van der Waals surface area (Å²) >= 11 is 11.7. The van der Waals surface area contributed by atoms with Crippen molar-refractivity contribution in [2.45, 2.75) is 11.3 Å². The van der Waals surface area contributed by atoms with E-state index in [2.05, 4.69) is 10.0 Å². The second-order valence-corrected chi connectivity index (χ2v) is 7.68. The molecule has 0 saturated heterocycles. The summed E-state index contributed by atoms with van der Waals surface area (Å²) in [6.45, 7) is 0.414. The molecule has 1 amide bonds. The van der Waals surface area contributed by atoms with E-state index in [0.717, 1.165) is 5.56 Å². The van der Waals surface area contributed by atoms with Crippen LogP contribution in [0.4, 0.5) is 0 Å². The summed E-state index contributed by atoms with van der Waals surface area (Å²) in [7, 11) is -2.44. The number of hydrogen-bond acceptors (Lipinski definition) is 3. The molecule has 8 heteroatoms. The Kier molecular flexibility index (Phi) is 6.23. The third-order valence-corrected chi connectivity index (χ3v) is 5.51. The van der Waals surface area contributed by atoms with Crippen LogP contribution < -0.4 is 10.0 Å². The van der Waals surface area contributed by atoms with Crippen LogP contribution in [0, 0.1) is 0 Å². The maximum absolute atomic E-state index is 12.2. The summed E-state index contributed by atoms with van der Waals surface area (Å²) in [6.07, 6.45) is 0.637. The zero-order valence-electron chi connectivity index (χ0n) is 12.8. The van der Waals surface area contributed by atoms with Crippen LogP contribution in [0.3, 0.4) is 0 Å². The average Bonchev–Trinajstić information content (AvgIpc) is 2.56. The van der Waals surface area contributed by atoms with Crippen LogP contribution in [0.5, 0.6) is 0 Å². The SMILES string of the molecule is CNS(=O)(=O)c1cc(C(=O)NCCc2ccc(Cl)cc2)ccc1Cl. The summed E-state index contributed by atoms with van der Waals surface area (Å²) in [5, 5.41) is 3.46. The van der Waals surface area contributed by atoms with Crippen molar-refractivity contribution in [3.8, 4) is 0 Å². The number of sulfonamides is 1. The van der Waals surface area contributed by atoms with Crippen molar-refractivity contribution in [1.82, 2.24) is 10.0 Å².